The first-order valence-electron chi connectivity index (χ1n) is 36.2. The molecule has 0 saturated carbocycles. The predicted molar refractivity (Wildman–Crippen MR) is 412 cm³/mol. The minimum absolute atomic E-state index is 0.109. The third-order valence-corrected chi connectivity index (χ3v) is 20.3. The molecule has 0 amide bonds. The van der Waals surface area contributed by atoms with Crippen molar-refractivity contribution in [1.29, 1.82) is 5.26 Å². The number of para-hydroxylation sites is 1. The van der Waals surface area contributed by atoms with E-state index in [9.17, 15) is 8.00 Å². The van der Waals surface area contributed by atoms with Gasteiger partial charge in [-0.25, -0.2) is 0 Å². The van der Waals surface area contributed by atoms with Gasteiger partial charge < -0.3 is 18.9 Å². The lowest BCUT2D eigenvalue weighted by Gasteiger charge is -2.45. The lowest BCUT2D eigenvalue weighted by Crippen LogP contribution is -2.61. The Morgan fingerprint density at radius 3 is 1.37 bits per heavy atom. The Bertz CT molecular complexity index is 5950. The van der Waals surface area contributed by atoms with Gasteiger partial charge in [0, 0.05) is 61.2 Å². The number of fused-ring (bicyclic) bond motifs is 10. The highest BCUT2D eigenvalue weighted by Gasteiger charge is 2.45. The summed E-state index contributed by atoms with van der Waals surface area (Å²) in [7, 11) is 0. The monoisotopic (exact) mass is 1250 g/mol. The fourth-order valence-electron chi connectivity index (χ4n) is 15.2. The first-order valence-corrected chi connectivity index (χ1v) is 33.7. The van der Waals surface area contributed by atoms with E-state index in [0.717, 1.165) is 128 Å². The molecule has 17 rings (SSSR count). The molecule has 4 heterocycles. The molecule has 15 aromatic rings. The molecular weight excluding hydrogens is 1170 g/mol. The Morgan fingerprint density at radius 2 is 0.784 bits per heavy atom. The number of nitriles is 1. The average molecular weight is 1250 g/mol. The number of anilines is 6. The number of benzene rings is 13. The number of aromatic nitrogens is 2. The van der Waals surface area contributed by atoms with Crippen molar-refractivity contribution in [2.45, 2.75) is 78.6 Å². The Morgan fingerprint density at radius 1 is 0.330 bits per heavy atom. The van der Waals surface area contributed by atoms with Crippen molar-refractivity contribution in [1.82, 2.24) is 9.13 Å². The second-order valence-electron chi connectivity index (χ2n) is 29.3. The largest absolute Gasteiger partial charge is 0.311 e. The van der Waals surface area contributed by atoms with Gasteiger partial charge in [-0.15, -0.1) is 0 Å². The lowest BCUT2D eigenvalue weighted by atomic mass is 9.33. The van der Waals surface area contributed by atoms with Gasteiger partial charge in [-0.3, -0.25) is 0 Å². The van der Waals surface area contributed by atoms with Crippen LogP contribution in [0.3, 0.4) is 0 Å². The van der Waals surface area contributed by atoms with Gasteiger partial charge in [0.1, 0.15) is 6.07 Å². The normalized spacial score (nSPS) is 13.6. The SMILES string of the molecule is [2H]c1c([2H])c([2H])c(-c2ccc3c(c2)N(c2ccc(-c4ccccc4)cc2-c2ccccc2)c2cc(C(C)(C)C)cc4c2B3c2ccc(-n3c5ccc(C(C)(C)C)cc5c5cc(C(C)(C)C)ccc53)cc2N4c2cc(-n3c4ccccc4c4cc(-c5ccccc5)ccc43)ccc2C#N)c([2H])c1[2H]. The highest BCUT2D eigenvalue weighted by Crippen LogP contribution is 2.51. The van der Waals surface area contributed by atoms with E-state index in [-0.39, 0.29) is 28.5 Å². The van der Waals surface area contributed by atoms with Crippen LogP contribution in [0.25, 0.3) is 99.5 Å². The van der Waals surface area contributed by atoms with Crippen LogP contribution in [0.15, 0.2) is 285 Å². The Kier molecular flexibility index (Phi) is 12.4. The molecular formula is C91H74BN5. The van der Waals surface area contributed by atoms with Crippen LogP contribution in [0.2, 0.25) is 0 Å². The summed E-state index contributed by atoms with van der Waals surface area (Å²) in [5.74, 6) is 0. The van der Waals surface area contributed by atoms with Crippen LogP contribution < -0.4 is 26.2 Å². The van der Waals surface area contributed by atoms with E-state index in [1.165, 1.54) is 21.9 Å². The maximum Gasteiger partial charge on any atom is 0.252 e. The second-order valence-corrected chi connectivity index (χ2v) is 29.3. The summed E-state index contributed by atoms with van der Waals surface area (Å²) in [6, 6.07) is 92.5. The highest BCUT2D eigenvalue weighted by atomic mass is 15.2. The van der Waals surface area contributed by atoms with Crippen molar-refractivity contribution < 1.29 is 6.85 Å². The number of hydrogen-bond donors (Lipinski definition) is 0. The van der Waals surface area contributed by atoms with Crippen molar-refractivity contribution in [2.75, 3.05) is 9.80 Å². The van der Waals surface area contributed by atoms with Crippen molar-refractivity contribution in [3.8, 4) is 62.0 Å². The number of nitrogens with zero attached hydrogens (tertiary/aromatic N) is 5. The fourth-order valence-corrected chi connectivity index (χ4v) is 15.2. The molecule has 0 N–H and O–H groups in total. The summed E-state index contributed by atoms with van der Waals surface area (Å²) in [5, 5.41) is 16.5. The summed E-state index contributed by atoms with van der Waals surface area (Å²) in [6.45, 7) is 20.0. The Hall–Kier alpha value is -11.4. The smallest absolute Gasteiger partial charge is 0.252 e. The topological polar surface area (TPSA) is 40.1 Å². The van der Waals surface area contributed by atoms with E-state index in [1.807, 2.05) is 24.3 Å². The summed E-state index contributed by atoms with van der Waals surface area (Å²) >= 11 is 0. The molecule has 466 valence electrons. The number of hydrogen-bond acceptors (Lipinski definition) is 3. The Labute approximate surface area is 576 Å². The quantitative estimate of drug-likeness (QED) is 0.142. The van der Waals surface area contributed by atoms with Crippen molar-refractivity contribution in [2.24, 2.45) is 0 Å². The van der Waals surface area contributed by atoms with Gasteiger partial charge in [-0.05, 0) is 191 Å². The average Bonchev–Trinajstić information content (AvgIpc) is 0.898. The van der Waals surface area contributed by atoms with E-state index in [1.54, 1.807) is 0 Å². The zero-order valence-electron chi connectivity index (χ0n) is 61.1. The summed E-state index contributed by atoms with van der Waals surface area (Å²) in [4.78, 5) is 4.75. The first-order chi connectivity index (χ1) is 49.0. The number of rotatable bonds is 8. The van der Waals surface area contributed by atoms with Gasteiger partial charge in [0.25, 0.3) is 6.71 Å². The van der Waals surface area contributed by atoms with Crippen LogP contribution in [0, 0.1) is 11.3 Å². The van der Waals surface area contributed by atoms with Crippen LogP contribution in [-0.4, -0.2) is 15.8 Å². The van der Waals surface area contributed by atoms with Crippen LogP contribution in [0.5, 0.6) is 0 Å². The van der Waals surface area contributed by atoms with E-state index in [0.29, 0.717) is 16.8 Å². The summed E-state index contributed by atoms with van der Waals surface area (Å²) in [5.41, 5.74) is 24.5. The minimum atomic E-state index is -0.447. The second kappa shape index (κ2) is 22.4. The molecule has 6 heteroatoms. The molecule has 0 radical (unpaired) electrons. The fraction of sp³-hybridized carbons (Fsp3) is 0.132. The van der Waals surface area contributed by atoms with Crippen molar-refractivity contribution in [3.63, 3.8) is 0 Å². The van der Waals surface area contributed by atoms with Crippen LogP contribution in [0.4, 0.5) is 34.1 Å². The van der Waals surface area contributed by atoms with E-state index in [2.05, 4.69) is 318 Å². The summed E-state index contributed by atoms with van der Waals surface area (Å²) < 4.78 is 50.3. The van der Waals surface area contributed by atoms with E-state index in [4.69, 9.17) is 4.11 Å². The maximum absolute atomic E-state index is 11.9. The van der Waals surface area contributed by atoms with Gasteiger partial charge in [0.2, 0.25) is 0 Å². The van der Waals surface area contributed by atoms with Gasteiger partial charge in [0.15, 0.2) is 0 Å². The zero-order chi connectivity index (χ0) is 70.6. The molecule has 0 bridgehead atoms. The van der Waals surface area contributed by atoms with Gasteiger partial charge >= 0.3 is 0 Å². The van der Waals surface area contributed by atoms with Crippen molar-refractivity contribution in [3.05, 3.63) is 307 Å². The lowest BCUT2D eigenvalue weighted by molar-refractivity contribution is 0.590. The molecule has 0 fully saturated rings. The minimum Gasteiger partial charge on any atom is -0.311 e. The Balaban J connectivity index is 0.997. The molecule has 97 heavy (non-hydrogen) atoms. The van der Waals surface area contributed by atoms with Crippen LogP contribution in [0.1, 0.15) is 91.4 Å². The molecule has 13 aromatic carbocycles. The van der Waals surface area contributed by atoms with E-state index >= 15 is 0 Å². The molecule has 5 nitrogen and oxygen atoms in total. The van der Waals surface area contributed by atoms with Crippen molar-refractivity contribution >= 4 is 101 Å². The standard InChI is InChI=1S/C91H74BN5/c1-89(2,3)66-38-46-81-74(51-66)75-52-67(90(4,5)6)39-47-82(75)95(81)70-41-43-77-85(56-70)97(83-55-69(40-34-65(83)57-93)94-78-33-23-22-32-71(78)73-49-63(37-45-80(73)94)59-26-16-11-17-27-59)87-54-68(91(7,8)9)53-86-88(87)92(77)76-42-35-64(60-28-18-12-19-29-60)50-84(76)96(86)79-44-36-62(58-24-14-10-15-25-58)48-72(79)61-30-20-13-21-31-61/h10-56H,1-9H3/i12D,18D,19D,28D,29D. The van der Waals surface area contributed by atoms with Gasteiger partial charge in [0.05, 0.1) is 45.9 Å². The molecule has 0 spiro atoms. The molecule has 2 aromatic heterocycles. The van der Waals surface area contributed by atoms with E-state index < -0.39 is 30.3 Å². The first kappa shape index (κ1) is 53.9. The van der Waals surface area contributed by atoms with Gasteiger partial charge in [-0.2, -0.15) is 5.26 Å². The summed E-state index contributed by atoms with van der Waals surface area (Å²) in [6.07, 6.45) is 0. The molecule has 0 aliphatic carbocycles. The predicted octanol–water partition coefficient (Wildman–Crippen LogP) is 22.4. The molecule has 2 aliphatic rings. The maximum atomic E-state index is 11.9. The molecule has 0 unspecified atom stereocenters. The highest BCUT2D eigenvalue weighted by molar-refractivity contribution is 7.00. The molecule has 0 atom stereocenters. The third kappa shape index (κ3) is 9.81. The molecule has 0 saturated heterocycles. The molecule has 2 aliphatic heterocycles. The van der Waals surface area contributed by atoms with Crippen LogP contribution >= 0.6 is 0 Å². The zero-order valence-corrected chi connectivity index (χ0v) is 56.1. The van der Waals surface area contributed by atoms with Crippen LogP contribution in [-0.2, 0) is 16.2 Å². The van der Waals surface area contributed by atoms with Gasteiger partial charge in [-0.1, -0.05) is 244 Å². The third-order valence-electron chi connectivity index (χ3n) is 20.3.